The van der Waals surface area contributed by atoms with Crippen LogP contribution in [0.4, 0.5) is 22.0 Å². The number of carboxylic acids is 2. The molecule has 4 N–H and O–H groups in total. The van der Waals surface area contributed by atoms with Crippen LogP contribution >= 0.6 is 11.8 Å². The molecule has 340 valence electrons. The molecule has 0 saturated carbocycles. The zero-order valence-electron chi connectivity index (χ0n) is 34.3. The van der Waals surface area contributed by atoms with E-state index in [0.29, 0.717) is 18.2 Å². The Hall–Kier alpha value is -5.76. The van der Waals surface area contributed by atoms with Crippen molar-refractivity contribution in [1.82, 2.24) is 24.3 Å². The Labute approximate surface area is 368 Å². The number of hydrogen-bond acceptors (Lipinski definition) is 10. The minimum Gasteiger partial charge on any atom is -0.479 e. The van der Waals surface area contributed by atoms with E-state index in [9.17, 15) is 41.1 Å². The Balaban J connectivity index is 0.000000608. The first-order valence-electron chi connectivity index (χ1n) is 20.5. The third-order valence-electron chi connectivity index (χ3n) is 11.4. The van der Waals surface area contributed by atoms with Crippen molar-refractivity contribution >= 4 is 40.6 Å². The molecule has 0 bridgehead atoms. The van der Waals surface area contributed by atoms with Gasteiger partial charge in [-0.25, -0.2) is 23.4 Å². The number of rotatable bonds is 13. The van der Waals surface area contributed by atoms with Crippen LogP contribution in [0.25, 0.3) is 22.2 Å². The molecular weight excluding hydrogens is 866 g/mol. The third-order valence-corrected chi connectivity index (χ3v) is 12.4. The van der Waals surface area contributed by atoms with Crippen molar-refractivity contribution in [2.24, 2.45) is 0 Å². The van der Waals surface area contributed by atoms with Crippen LogP contribution in [0.3, 0.4) is 0 Å². The van der Waals surface area contributed by atoms with E-state index >= 15 is 0 Å². The number of alkyl halides is 3. The summed E-state index contributed by atoms with van der Waals surface area (Å²) in [6, 6.07) is 20.1. The molecule has 64 heavy (non-hydrogen) atoms. The van der Waals surface area contributed by atoms with Crippen LogP contribution < -0.4 is 5.56 Å². The van der Waals surface area contributed by atoms with Gasteiger partial charge in [-0.2, -0.15) is 29.9 Å². The second kappa shape index (κ2) is 21.3. The first kappa shape index (κ1) is 47.7. The molecule has 1 amide bonds. The van der Waals surface area contributed by atoms with Gasteiger partial charge >= 0.3 is 18.1 Å². The summed E-state index contributed by atoms with van der Waals surface area (Å²) in [5, 5.41) is 32.8. The van der Waals surface area contributed by atoms with Crippen molar-refractivity contribution in [3.8, 4) is 11.1 Å². The summed E-state index contributed by atoms with van der Waals surface area (Å²) in [7, 11) is 0. The number of nitrogens with zero attached hydrogens (tertiary/aromatic N) is 5. The third kappa shape index (κ3) is 11.9. The second-order valence-electron chi connectivity index (χ2n) is 15.5. The molecule has 2 aromatic heterocycles. The molecule has 2 atom stereocenters. The number of aryl methyl sites for hydroxylation is 2. The van der Waals surface area contributed by atoms with Crippen LogP contribution in [-0.2, 0) is 46.5 Å². The molecule has 5 aromatic rings. The predicted octanol–water partition coefficient (Wildman–Crippen LogP) is 5.81. The lowest BCUT2D eigenvalue weighted by molar-refractivity contribution is -0.165. The fraction of sp³-hybridized carbons (Fsp3) is 0.378. The number of aliphatic carboxylic acids is 2. The number of pyridine rings is 1. The molecule has 2 aliphatic heterocycles. The summed E-state index contributed by atoms with van der Waals surface area (Å²) >= 11 is 1.99. The number of carbonyl (C=O) groups excluding carboxylic acids is 1. The number of hydrogen-bond donors (Lipinski definition) is 4. The Kier molecular flexibility index (Phi) is 15.9. The van der Waals surface area contributed by atoms with Gasteiger partial charge in [0, 0.05) is 44.3 Å². The van der Waals surface area contributed by atoms with Crippen LogP contribution in [-0.4, -0.2) is 111 Å². The lowest BCUT2D eigenvalue weighted by atomic mass is 9.98. The number of aliphatic hydroxyl groups excluding tert-OH is 2. The number of carboxylic acid groups (broad SMARTS) is 2. The highest BCUT2D eigenvalue weighted by atomic mass is 32.2. The van der Waals surface area contributed by atoms with Crippen molar-refractivity contribution in [2.75, 3.05) is 24.6 Å². The lowest BCUT2D eigenvalue weighted by Crippen LogP contribution is -2.50. The molecule has 4 heterocycles. The Morgan fingerprint density at radius 2 is 1.42 bits per heavy atom. The van der Waals surface area contributed by atoms with E-state index < -0.39 is 53.1 Å². The van der Waals surface area contributed by atoms with E-state index in [1.807, 2.05) is 40.9 Å². The van der Waals surface area contributed by atoms with Gasteiger partial charge < -0.3 is 34.8 Å². The molecule has 0 radical (unpaired) electrons. The number of fused-ring (bicyclic) bond motifs is 1. The van der Waals surface area contributed by atoms with Crippen LogP contribution in [0.5, 0.6) is 0 Å². The lowest BCUT2D eigenvalue weighted by Gasteiger charge is -2.42. The molecule has 13 nitrogen and oxygen atoms in total. The summed E-state index contributed by atoms with van der Waals surface area (Å²) < 4.78 is 69.7. The maximum absolute atomic E-state index is 14.6. The number of amides is 1. The van der Waals surface area contributed by atoms with Crippen LogP contribution in [0.2, 0.25) is 0 Å². The maximum Gasteiger partial charge on any atom is 0.416 e. The van der Waals surface area contributed by atoms with E-state index in [-0.39, 0.29) is 53.8 Å². The zero-order chi connectivity index (χ0) is 46.1. The van der Waals surface area contributed by atoms with E-state index in [0.717, 1.165) is 79.6 Å². The monoisotopic (exact) mass is 911 g/mol. The Morgan fingerprint density at radius 1 is 0.812 bits per heavy atom. The standard InChI is InChI=1S/C41H40F5N5O2S.C4H6O6/c42-35-5-1-3-30(38(35)43)12-15-36-48-40(53)34-4-2-20-47-39(34)51(36)26-37(52)50(33-16-21-49(22-17-33)32-18-23-54-24-19-32)25-27-6-8-28(9-7-27)29-10-13-31(14-11-29)41(44,45)46;5-1(3(7)8)2(6)4(9)10/h1-11,13-14,20,32-33H,12,15-19,21-26H2;1-2,5-6H,(H,7,8)(H,9,10)/t;1-,2-/m.1/s1. The highest BCUT2D eigenvalue weighted by molar-refractivity contribution is 7.99. The first-order valence-corrected chi connectivity index (χ1v) is 21.6. The number of likely N-dealkylation sites (tertiary alicyclic amines) is 1. The largest absolute Gasteiger partial charge is 0.479 e. The van der Waals surface area contributed by atoms with Crippen molar-refractivity contribution in [3.63, 3.8) is 0 Å². The topological polar surface area (TPSA) is 186 Å². The zero-order valence-corrected chi connectivity index (χ0v) is 35.2. The predicted molar refractivity (Wildman–Crippen MR) is 227 cm³/mol. The number of halogens is 5. The molecule has 2 fully saturated rings. The summed E-state index contributed by atoms with van der Waals surface area (Å²) in [6.07, 6.45) is -3.41. The van der Waals surface area contributed by atoms with Gasteiger partial charge in [0.2, 0.25) is 5.91 Å². The van der Waals surface area contributed by atoms with E-state index in [1.165, 1.54) is 30.5 Å². The average molecular weight is 912 g/mol. The molecule has 0 aliphatic carbocycles. The van der Waals surface area contributed by atoms with Gasteiger partial charge in [0.1, 0.15) is 18.0 Å². The van der Waals surface area contributed by atoms with Gasteiger partial charge in [-0.15, -0.1) is 0 Å². The van der Waals surface area contributed by atoms with Gasteiger partial charge in [0.05, 0.1) is 10.9 Å². The Morgan fingerprint density at radius 3 is 2.02 bits per heavy atom. The molecule has 19 heteroatoms. The van der Waals surface area contributed by atoms with E-state index in [2.05, 4.69) is 14.9 Å². The highest BCUT2D eigenvalue weighted by Crippen LogP contribution is 2.32. The molecule has 2 aliphatic rings. The van der Waals surface area contributed by atoms with Crippen LogP contribution in [0, 0.1) is 11.6 Å². The van der Waals surface area contributed by atoms with Crippen LogP contribution in [0.15, 0.2) is 89.9 Å². The molecule has 7 rings (SSSR count). The fourth-order valence-electron chi connectivity index (χ4n) is 7.87. The molecule has 2 saturated heterocycles. The minimum atomic E-state index is -4.42. The number of benzene rings is 3. The smallest absolute Gasteiger partial charge is 0.416 e. The second-order valence-corrected chi connectivity index (χ2v) is 16.7. The summed E-state index contributed by atoms with van der Waals surface area (Å²) in [6.45, 7) is 1.85. The van der Waals surface area contributed by atoms with Crippen molar-refractivity contribution in [3.05, 3.63) is 130 Å². The SMILES string of the molecule is O=C(Cn1c(CCc2cccc(F)c2F)nc(=O)c2cccnc21)N(Cc1ccc(-c2ccc(C(F)(F)F)cc2)cc1)C1CCN(C2CCSCC2)CC1.O=C(O)[C@H](O)[C@@H](O)C(=O)O. The number of piperidine rings is 1. The summed E-state index contributed by atoms with van der Waals surface area (Å²) in [4.78, 5) is 60.4. The van der Waals surface area contributed by atoms with Crippen LogP contribution in [0.1, 0.15) is 48.2 Å². The Bertz CT molecular complexity index is 2460. The van der Waals surface area contributed by atoms with Crippen molar-refractivity contribution < 1.29 is 56.8 Å². The molecular formula is C45H46F5N5O8S. The summed E-state index contributed by atoms with van der Waals surface area (Å²) in [5.41, 5.74) is 1.44. The minimum absolute atomic E-state index is 0.0513. The summed E-state index contributed by atoms with van der Waals surface area (Å²) in [5.74, 6) is -3.12. The number of aromatic nitrogens is 3. The van der Waals surface area contributed by atoms with Gasteiger partial charge in [0.25, 0.3) is 5.56 Å². The molecule has 0 spiro atoms. The first-order chi connectivity index (χ1) is 30.5. The van der Waals surface area contributed by atoms with E-state index in [4.69, 9.17) is 20.4 Å². The van der Waals surface area contributed by atoms with Gasteiger partial charge in [-0.3, -0.25) is 9.59 Å². The normalized spacial score (nSPS) is 16.1. The van der Waals surface area contributed by atoms with Crippen molar-refractivity contribution in [2.45, 2.75) is 82.1 Å². The van der Waals surface area contributed by atoms with Gasteiger partial charge in [-0.1, -0.05) is 48.5 Å². The van der Waals surface area contributed by atoms with E-state index in [1.54, 1.807) is 16.7 Å². The van der Waals surface area contributed by atoms with Gasteiger partial charge in [-0.05, 0) is 96.2 Å². The fourth-order valence-corrected chi connectivity index (χ4v) is 8.95. The van der Waals surface area contributed by atoms with Crippen molar-refractivity contribution in [1.29, 1.82) is 0 Å². The molecule has 3 aromatic carbocycles. The average Bonchev–Trinajstić information content (AvgIpc) is 3.29. The number of thioether (sulfide) groups is 1. The highest BCUT2D eigenvalue weighted by Gasteiger charge is 2.33. The van der Waals surface area contributed by atoms with Gasteiger partial charge in [0.15, 0.2) is 23.8 Å². The molecule has 0 unspecified atom stereocenters. The number of aliphatic hydroxyl groups is 2. The maximum atomic E-state index is 14.6. The number of carbonyl (C=O) groups is 3. The quantitative estimate of drug-likeness (QED) is 0.104.